The molecule has 0 amide bonds. The molecule has 66 valence electrons. The van der Waals surface area contributed by atoms with Crippen LogP contribution in [0.15, 0.2) is 18.2 Å². The van der Waals surface area contributed by atoms with Gasteiger partial charge < -0.3 is 11.1 Å². The van der Waals surface area contributed by atoms with Gasteiger partial charge in [0, 0.05) is 0 Å². The molecule has 1 aromatic rings. The average molecular weight is 164 g/mol. The van der Waals surface area contributed by atoms with Crippen molar-refractivity contribution in [2.24, 2.45) is 5.73 Å². The van der Waals surface area contributed by atoms with Gasteiger partial charge in [-0.15, -0.1) is 0 Å². The zero-order chi connectivity index (χ0) is 9.14. The Hall–Kier alpha value is -0.860. The first-order valence-electron chi connectivity index (χ1n) is 4.15. The van der Waals surface area contributed by atoms with Crippen LogP contribution in [-0.4, -0.2) is 7.05 Å². The quantitative estimate of drug-likeness (QED) is 0.650. The number of benzene rings is 1. The Bertz CT molecular complexity index is 269. The predicted octanol–water partition coefficient (Wildman–Crippen LogP) is 1.48. The highest BCUT2D eigenvalue weighted by atomic mass is 15.0. The Morgan fingerprint density at radius 3 is 2.58 bits per heavy atom. The van der Waals surface area contributed by atoms with Crippen LogP contribution in [-0.2, 0) is 0 Å². The van der Waals surface area contributed by atoms with Gasteiger partial charge in [-0.05, 0) is 32.0 Å². The van der Waals surface area contributed by atoms with E-state index in [1.165, 1.54) is 16.7 Å². The number of nitrogens with one attached hydrogen (secondary N) is 1. The van der Waals surface area contributed by atoms with E-state index in [0.717, 1.165) is 0 Å². The minimum atomic E-state index is -0.0510. The Kier molecular flexibility index (Phi) is 2.84. The average Bonchev–Trinajstić information content (AvgIpc) is 2.08. The molecule has 0 fully saturated rings. The summed E-state index contributed by atoms with van der Waals surface area (Å²) >= 11 is 0. The monoisotopic (exact) mass is 164 g/mol. The number of hydrogen-bond acceptors (Lipinski definition) is 2. The summed E-state index contributed by atoms with van der Waals surface area (Å²) in [6.45, 7) is 4.15. The lowest BCUT2D eigenvalue weighted by Crippen LogP contribution is -2.25. The van der Waals surface area contributed by atoms with Crippen molar-refractivity contribution in [2.45, 2.75) is 20.0 Å². The van der Waals surface area contributed by atoms with Crippen molar-refractivity contribution in [3.8, 4) is 0 Å². The van der Waals surface area contributed by atoms with E-state index in [2.05, 4.69) is 37.4 Å². The highest BCUT2D eigenvalue weighted by Crippen LogP contribution is 2.14. The molecule has 0 aliphatic carbocycles. The zero-order valence-corrected chi connectivity index (χ0v) is 7.89. The van der Waals surface area contributed by atoms with E-state index < -0.39 is 0 Å². The van der Waals surface area contributed by atoms with Crippen molar-refractivity contribution in [1.29, 1.82) is 0 Å². The molecule has 2 nitrogen and oxygen atoms in total. The molecule has 1 unspecified atom stereocenters. The highest BCUT2D eigenvalue weighted by molar-refractivity contribution is 5.32. The first kappa shape index (κ1) is 9.23. The summed E-state index contributed by atoms with van der Waals surface area (Å²) in [6, 6.07) is 6.32. The van der Waals surface area contributed by atoms with Crippen molar-refractivity contribution in [2.75, 3.05) is 7.05 Å². The summed E-state index contributed by atoms with van der Waals surface area (Å²) in [5.74, 6) is 0. The summed E-state index contributed by atoms with van der Waals surface area (Å²) in [7, 11) is 1.87. The molecule has 0 spiro atoms. The van der Waals surface area contributed by atoms with Gasteiger partial charge in [0.1, 0.15) is 0 Å². The van der Waals surface area contributed by atoms with Crippen molar-refractivity contribution in [3.05, 3.63) is 34.9 Å². The summed E-state index contributed by atoms with van der Waals surface area (Å²) < 4.78 is 0. The summed E-state index contributed by atoms with van der Waals surface area (Å²) in [5.41, 5.74) is 9.52. The smallest absolute Gasteiger partial charge is 0.0810 e. The second-order valence-corrected chi connectivity index (χ2v) is 3.13. The van der Waals surface area contributed by atoms with E-state index in [1.54, 1.807) is 0 Å². The van der Waals surface area contributed by atoms with E-state index in [0.29, 0.717) is 0 Å². The molecular formula is C10H16N2. The molecular weight excluding hydrogens is 148 g/mol. The highest BCUT2D eigenvalue weighted by Gasteiger charge is 2.05. The summed E-state index contributed by atoms with van der Waals surface area (Å²) in [4.78, 5) is 0. The number of hydrogen-bond donors (Lipinski definition) is 2. The molecule has 0 bridgehead atoms. The topological polar surface area (TPSA) is 38.0 Å². The maximum absolute atomic E-state index is 5.85. The van der Waals surface area contributed by atoms with Crippen LogP contribution in [0, 0.1) is 13.8 Å². The third-order valence-electron chi connectivity index (χ3n) is 2.08. The first-order chi connectivity index (χ1) is 5.65. The molecule has 0 radical (unpaired) electrons. The SMILES string of the molecule is CNC(N)c1cc(C)ccc1C. The number of rotatable bonds is 2. The zero-order valence-electron chi connectivity index (χ0n) is 7.89. The number of aryl methyl sites for hydroxylation is 2. The van der Waals surface area contributed by atoms with Crippen LogP contribution < -0.4 is 11.1 Å². The molecule has 1 atom stereocenters. The van der Waals surface area contributed by atoms with Crippen LogP contribution in [0.4, 0.5) is 0 Å². The van der Waals surface area contributed by atoms with Crippen LogP contribution in [0.1, 0.15) is 22.9 Å². The second-order valence-electron chi connectivity index (χ2n) is 3.13. The van der Waals surface area contributed by atoms with E-state index >= 15 is 0 Å². The van der Waals surface area contributed by atoms with Crippen molar-refractivity contribution < 1.29 is 0 Å². The lowest BCUT2D eigenvalue weighted by Gasteiger charge is -2.14. The molecule has 0 aromatic heterocycles. The van der Waals surface area contributed by atoms with Gasteiger partial charge in [0.15, 0.2) is 0 Å². The largest absolute Gasteiger partial charge is 0.312 e. The van der Waals surface area contributed by atoms with Gasteiger partial charge in [-0.1, -0.05) is 23.8 Å². The Morgan fingerprint density at radius 1 is 1.33 bits per heavy atom. The van der Waals surface area contributed by atoms with Gasteiger partial charge >= 0.3 is 0 Å². The van der Waals surface area contributed by atoms with Crippen molar-refractivity contribution in [3.63, 3.8) is 0 Å². The second kappa shape index (κ2) is 3.70. The fraction of sp³-hybridized carbons (Fsp3) is 0.400. The molecule has 12 heavy (non-hydrogen) atoms. The maximum Gasteiger partial charge on any atom is 0.0810 e. The van der Waals surface area contributed by atoms with Crippen LogP contribution in [0.2, 0.25) is 0 Å². The molecule has 3 N–H and O–H groups in total. The van der Waals surface area contributed by atoms with Crippen LogP contribution in [0.25, 0.3) is 0 Å². The van der Waals surface area contributed by atoms with Crippen molar-refractivity contribution >= 4 is 0 Å². The molecule has 1 aromatic carbocycles. The molecule has 0 aliphatic rings. The van der Waals surface area contributed by atoms with E-state index in [1.807, 2.05) is 7.05 Å². The Labute approximate surface area is 73.8 Å². The maximum atomic E-state index is 5.85. The Balaban J connectivity index is 3.04. The fourth-order valence-corrected chi connectivity index (χ4v) is 1.25. The minimum absolute atomic E-state index is 0.0510. The normalized spacial score (nSPS) is 13.0. The summed E-state index contributed by atoms with van der Waals surface area (Å²) in [5, 5.41) is 3.03. The third kappa shape index (κ3) is 1.84. The lowest BCUT2D eigenvalue weighted by molar-refractivity contribution is 0.618. The van der Waals surface area contributed by atoms with E-state index in [9.17, 15) is 0 Å². The predicted molar refractivity (Wildman–Crippen MR) is 51.9 cm³/mol. The fourth-order valence-electron chi connectivity index (χ4n) is 1.25. The molecule has 0 saturated heterocycles. The summed E-state index contributed by atoms with van der Waals surface area (Å²) in [6.07, 6.45) is -0.0510. The molecule has 2 heteroatoms. The van der Waals surface area contributed by atoms with E-state index in [4.69, 9.17) is 5.73 Å². The van der Waals surface area contributed by atoms with Crippen LogP contribution >= 0.6 is 0 Å². The van der Waals surface area contributed by atoms with Crippen molar-refractivity contribution in [1.82, 2.24) is 5.32 Å². The number of nitrogens with two attached hydrogens (primary N) is 1. The standard InChI is InChI=1S/C10H16N2/c1-7-4-5-8(2)9(6-7)10(11)12-3/h4-6,10,12H,11H2,1-3H3. The van der Waals surface area contributed by atoms with E-state index in [-0.39, 0.29) is 6.17 Å². The van der Waals surface area contributed by atoms with Gasteiger partial charge in [-0.25, -0.2) is 0 Å². The van der Waals surface area contributed by atoms with Gasteiger partial charge in [0.25, 0.3) is 0 Å². The molecule has 0 aliphatic heterocycles. The van der Waals surface area contributed by atoms with Gasteiger partial charge in [-0.3, -0.25) is 0 Å². The van der Waals surface area contributed by atoms with Crippen LogP contribution in [0.3, 0.4) is 0 Å². The lowest BCUT2D eigenvalue weighted by atomic mass is 10.0. The molecule has 0 saturated carbocycles. The Morgan fingerprint density at radius 2 is 2.00 bits per heavy atom. The van der Waals surface area contributed by atoms with Crippen LogP contribution in [0.5, 0.6) is 0 Å². The molecule has 0 heterocycles. The third-order valence-corrected chi connectivity index (χ3v) is 2.08. The first-order valence-corrected chi connectivity index (χ1v) is 4.15. The molecule has 1 rings (SSSR count). The minimum Gasteiger partial charge on any atom is -0.312 e. The van der Waals surface area contributed by atoms with Gasteiger partial charge in [-0.2, -0.15) is 0 Å². The van der Waals surface area contributed by atoms with Gasteiger partial charge in [0.2, 0.25) is 0 Å². The van der Waals surface area contributed by atoms with Gasteiger partial charge in [0.05, 0.1) is 6.17 Å².